The molecule has 0 aromatic heterocycles. The van der Waals surface area contributed by atoms with Crippen molar-refractivity contribution in [2.24, 2.45) is 0 Å². The molecule has 0 spiro atoms. The molecule has 0 saturated heterocycles. The highest BCUT2D eigenvalue weighted by molar-refractivity contribution is 9.10. The number of halogens is 3. The molecule has 0 aliphatic carbocycles. The summed E-state index contributed by atoms with van der Waals surface area (Å²) < 4.78 is 6.39. The van der Waals surface area contributed by atoms with Crippen molar-refractivity contribution in [2.45, 2.75) is 6.04 Å². The van der Waals surface area contributed by atoms with Gasteiger partial charge in [-0.3, -0.25) is 0 Å². The van der Waals surface area contributed by atoms with Crippen LogP contribution >= 0.6 is 39.1 Å². The molecule has 0 aliphatic rings. The summed E-state index contributed by atoms with van der Waals surface area (Å²) in [6.45, 7) is 0. The van der Waals surface area contributed by atoms with Gasteiger partial charge >= 0.3 is 0 Å². The number of methoxy groups -OCH3 is 1. The monoisotopic (exact) mass is 373 g/mol. The second-order valence-electron chi connectivity index (χ2n) is 4.27. The Labute approximate surface area is 137 Å². The Morgan fingerprint density at radius 2 is 1.85 bits per heavy atom. The molecule has 0 aliphatic heterocycles. The van der Waals surface area contributed by atoms with Gasteiger partial charge in [-0.15, -0.1) is 0 Å². The van der Waals surface area contributed by atoms with E-state index in [2.05, 4.69) is 21.2 Å². The first-order valence-corrected chi connectivity index (χ1v) is 7.57. The van der Waals surface area contributed by atoms with Crippen molar-refractivity contribution >= 4 is 39.1 Å². The fourth-order valence-corrected chi connectivity index (χ4v) is 2.93. The molecule has 0 heterocycles. The highest BCUT2D eigenvalue weighted by Crippen LogP contribution is 2.36. The predicted octanol–water partition coefficient (Wildman–Crippen LogP) is 5.07. The molecule has 2 nitrogen and oxygen atoms in total. The Bertz CT molecular complexity index is 619. The van der Waals surface area contributed by atoms with Gasteiger partial charge in [0, 0.05) is 20.1 Å². The molecule has 1 atom stereocenters. The van der Waals surface area contributed by atoms with Gasteiger partial charge in [0.15, 0.2) is 0 Å². The number of nitrogens with one attached hydrogen (secondary N) is 1. The number of ether oxygens (including phenoxy) is 1. The highest BCUT2D eigenvalue weighted by Gasteiger charge is 2.19. The summed E-state index contributed by atoms with van der Waals surface area (Å²) in [6, 6.07) is 11.2. The SMILES string of the molecule is CNC(c1cc(Br)ccc1Cl)c1cc(Cl)ccc1OC. The lowest BCUT2D eigenvalue weighted by Gasteiger charge is -2.21. The van der Waals surface area contributed by atoms with E-state index in [-0.39, 0.29) is 6.04 Å². The van der Waals surface area contributed by atoms with Gasteiger partial charge in [0.1, 0.15) is 5.75 Å². The predicted molar refractivity (Wildman–Crippen MR) is 88.1 cm³/mol. The van der Waals surface area contributed by atoms with E-state index in [9.17, 15) is 0 Å². The number of hydrogen-bond acceptors (Lipinski definition) is 2. The first-order valence-electron chi connectivity index (χ1n) is 6.02. The minimum atomic E-state index is -0.103. The van der Waals surface area contributed by atoms with Gasteiger partial charge in [-0.1, -0.05) is 39.1 Å². The van der Waals surface area contributed by atoms with Crippen LogP contribution in [-0.4, -0.2) is 14.2 Å². The Kier molecular flexibility index (Phi) is 5.33. The van der Waals surface area contributed by atoms with E-state index in [4.69, 9.17) is 27.9 Å². The maximum atomic E-state index is 6.32. The van der Waals surface area contributed by atoms with Crippen LogP contribution < -0.4 is 10.1 Å². The standard InChI is InChI=1S/C15H14BrCl2NO/c1-19-15(11-7-9(16)3-5-13(11)18)12-8-10(17)4-6-14(12)20-2/h3-8,15,19H,1-2H3. The average Bonchev–Trinajstić information content (AvgIpc) is 2.44. The van der Waals surface area contributed by atoms with Gasteiger partial charge in [-0.05, 0) is 49.0 Å². The quantitative estimate of drug-likeness (QED) is 0.806. The molecular formula is C15H14BrCl2NO. The van der Waals surface area contributed by atoms with Gasteiger partial charge in [0.2, 0.25) is 0 Å². The number of benzene rings is 2. The zero-order valence-corrected chi connectivity index (χ0v) is 14.2. The molecular weight excluding hydrogens is 361 g/mol. The molecule has 5 heteroatoms. The van der Waals surface area contributed by atoms with E-state index in [0.29, 0.717) is 10.0 Å². The molecule has 106 valence electrons. The van der Waals surface area contributed by atoms with E-state index in [1.54, 1.807) is 13.2 Å². The van der Waals surface area contributed by atoms with Gasteiger partial charge in [-0.25, -0.2) is 0 Å². The Balaban J connectivity index is 2.57. The molecule has 0 radical (unpaired) electrons. The summed E-state index contributed by atoms with van der Waals surface area (Å²) in [7, 11) is 3.52. The average molecular weight is 375 g/mol. The fourth-order valence-electron chi connectivity index (χ4n) is 2.15. The Morgan fingerprint density at radius 3 is 2.50 bits per heavy atom. The topological polar surface area (TPSA) is 21.3 Å². The van der Waals surface area contributed by atoms with E-state index in [1.165, 1.54) is 0 Å². The Hall–Kier alpha value is -0.740. The number of hydrogen-bond donors (Lipinski definition) is 1. The van der Waals surface area contributed by atoms with E-state index in [0.717, 1.165) is 21.3 Å². The van der Waals surface area contributed by atoms with Crippen LogP contribution in [0, 0.1) is 0 Å². The van der Waals surface area contributed by atoms with Crippen LogP contribution in [0.2, 0.25) is 10.0 Å². The molecule has 0 saturated carbocycles. The maximum Gasteiger partial charge on any atom is 0.124 e. The third-order valence-electron chi connectivity index (χ3n) is 3.06. The molecule has 2 aromatic rings. The molecule has 2 rings (SSSR count). The summed E-state index contributed by atoms with van der Waals surface area (Å²) in [5.74, 6) is 0.768. The summed E-state index contributed by atoms with van der Waals surface area (Å²) >= 11 is 15.9. The van der Waals surface area contributed by atoms with Crippen molar-refractivity contribution in [3.05, 3.63) is 62.0 Å². The van der Waals surface area contributed by atoms with Crippen LogP contribution in [0.1, 0.15) is 17.2 Å². The summed E-state index contributed by atoms with van der Waals surface area (Å²) in [5, 5.41) is 4.61. The first-order chi connectivity index (χ1) is 9.56. The lowest BCUT2D eigenvalue weighted by Crippen LogP contribution is -2.19. The maximum absolute atomic E-state index is 6.32. The molecule has 0 amide bonds. The van der Waals surface area contributed by atoms with Crippen LogP contribution in [0.15, 0.2) is 40.9 Å². The molecule has 1 unspecified atom stereocenters. The molecule has 20 heavy (non-hydrogen) atoms. The summed E-state index contributed by atoms with van der Waals surface area (Å²) in [4.78, 5) is 0. The van der Waals surface area contributed by atoms with E-state index in [1.807, 2.05) is 37.4 Å². The van der Waals surface area contributed by atoms with Crippen LogP contribution in [0.4, 0.5) is 0 Å². The second-order valence-corrected chi connectivity index (χ2v) is 6.03. The third kappa shape index (κ3) is 3.29. The largest absolute Gasteiger partial charge is 0.496 e. The minimum absolute atomic E-state index is 0.103. The minimum Gasteiger partial charge on any atom is -0.496 e. The van der Waals surface area contributed by atoms with Crippen LogP contribution in [0.5, 0.6) is 5.75 Å². The van der Waals surface area contributed by atoms with E-state index < -0.39 is 0 Å². The smallest absolute Gasteiger partial charge is 0.124 e. The van der Waals surface area contributed by atoms with Gasteiger partial charge in [0.05, 0.1) is 13.2 Å². The zero-order chi connectivity index (χ0) is 14.7. The zero-order valence-electron chi connectivity index (χ0n) is 11.1. The van der Waals surface area contributed by atoms with Crippen LogP contribution in [0.3, 0.4) is 0 Å². The lowest BCUT2D eigenvalue weighted by atomic mass is 9.98. The lowest BCUT2D eigenvalue weighted by molar-refractivity contribution is 0.405. The third-order valence-corrected chi connectivity index (χ3v) is 4.13. The molecule has 0 bridgehead atoms. The summed E-state index contributed by atoms with van der Waals surface area (Å²) in [6.07, 6.45) is 0. The van der Waals surface area contributed by atoms with Crippen molar-refractivity contribution in [1.82, 2.24) is 5.32 Å². The molecule has 0 fully saturated rings. The number of rotatable bonds is 4. The summed E-state index contributed by atoms with van der Waals surface area (Å²) in [5.41, 5.74) is 1.91. The van der Waals surface area contributed by atoms with Crippen molar-refractivity contribution in [3.8, 4) is 5.75 Å². The van der Waals surface area contributed by atoms with Crippen LogP contribution in [-0.2, 0) is 0 Å². The normalized spacial score (nSPS) is 12.2. The van der Waals surface area contributed by atoms with Gasteiger partial charge in [-0.2, -0.15) is 0 Å². The van der Waals surface area contributed by atoms with Gasteiger partial charge in [0.25, 0.3) is 0 Å². The van der Waals surface area contributed by atoms with E-state index >= 15 is 0 Å². The van der Waals surface area contributed by atoms with Crippen molar-refractivity contribution < 1.29 is 4.74 Å². The Morgan fingerprint density at radius 1 is 1.10 bits per heavy atom. The van der Waals surface area contributed by atoms with Crippen molar-refractivity contribution in [2.75, 3.05) is 14.2 Å². The van der Waals surface area contributed by atoms with Gasteiger partial charge < -0.3 is 10.1 Å². The second kappa shape index (κ2) is 6.81. The van der Waals surface area contributed by atoms with Crippen molar-refractivity contribution in [1.29, 1.82) is 0 Å². The highest BCUT2D eigenvalue weighted by atomic mass is 79.9. The molecule has 1 N–H and O–H groups in total. The first kappa shape index (κ1) is 15.6. The van der Waals surface area contributed by atoms with Crippen molar-refractivity contribution in [3.63, 3.8) is 0 Å². The fraction of sp³-hybridized carbons (Fsp3) is 0.200. The van der Waals surface area contributed by atoms with Crippen LogP contribution in [0.25, 0.3) is 0 Å². The molecule has 2 aromatic carbocycles.